The molecule has 0 saturated carbocycles. The van der Waals surface area contributed by atoms with E-state index in [2.05, 4.69) is 5.10 Å². The molecule has 4 rings (SSSR count). The van der Waals surface area contributed by atoms with Crippen molar-refractivity contribution in [3.05, 3.63) is 101 Å². The fourth-order valence-electron chi connectivity index (χ4n) is 3.08. The molecule has 0 unspecified atom stereocenters. The van der Waals surface area contributed by atoms with E-state index in [1.807, 2.05) is 73.7 Å². The van der Waals surface area contributed by atoms with Crippen LogP contribution in [0.3, 0.4) is 0 Å². The summed E-state index contributed by atoms with van der Waals surface area (Å²) in [4.78, 5) is 13.0. The van der Waals surface area contributed by atoms with Crippen LogP contribution in [0.25, 0.3) is 6.08 Å². The fraction of sp³-hybridized carbons (Fsp3) is 0.0833. The van der Waals surface area contributed by atoms with Gasteiger partial charge in [0.1, 0.15) is 12.4 Å². The largest absolute Gasteiger partial charge is 0.488 e. The smallest absolute Gasteiger partial charge is 0.280 e. The lowest BCUT2D eigenvalue weighted by molar-refractivity contribution is -0.114. The van der Waals surface area contributed by atoms with Gasteiger partial charge in [0.25, 0.3) is 5.91 Å². The molecule has 0 atom stereocenters. The summed E-state index contributed by atoms with van der Waals surface area (Å²) in [6.45, 7) is 2.25. The molecule has 1 aliphatic rings. The molecule has 0 radical (unpaired) electrons. The number of hydrazone groups is 1. The normalized spacial score (nSPS) is 15.0. The highest BCUT2D eigenvalue weighted by atomic mass is 35.5. The number of anilines is 1. The third-order valence-electron chi connectivity index (χ3n) is 4.57. The molecule has 4 nitrogen and oxygen atoms in total. The quantitative estimate of drug-likeness (QED) is 0.512. The standard InChI is InChI=1S/C24H19ClN2O2/c1-17-22(24(28)27(26-17)21-10-6-3-7-11-21)15-19-14-20(25)12-13-23(19)29-16-18-8-4-2-5-9-18/h2-15H,16H2,1H3/b22-15+. The zero-order chi connectivity index (χ0) is 20.2. The monoisotopic (exact) mass is 402 g/mol. The SMILES string of the molecule is CC1=NN(c2ccccc2)C(=O)/C1=C/c1cc(Cl)ccc1OCc1ccccc1. The second kappa shape index (κ2) is 8.33. The number of hydrogen-bond donors (Lipinski definition) is 0. The number of amides is 1. The first-order chi connectivity index (χ1) is 14.1. The number of hydrogen-bond acceptors (Lipinski definition) is 3. The zero-order valence-electron chi connectivity index (χ0n) is 15.9. The number of ether oxygens (including phenoxy) is 1. The summed E-state index contributed by atoms with van der Waals surface area (Å²) in [5, 5.41) is 6.41. The molecule has 144 valence electrons. The van der Waals surface area contributed by atoms with E-state index in [0.29, 0.717) is 28.7 Å². The number of benzene rings is 3. The van der Waals surface area contributed by atoms with Crippen LogP contribution in [0, 0.1) is 0 Å². The average Bonchev–Trinajstić information content (AvgIpc) is 3.03. The molecule has 0 bridgehead atoms. The summed E-state index contributed by atoms with van der Waals surface area (Å²) in [6.07, 6.45) is 1.79. The van der Waals surface area contributed by atoms with E-state index in [1.165, 1.54) is 5.01 Å². The van der Waals surface area contributed by atoms with Gasteiger partial charge < -0.3 is 4.74 Å². The van der Waals surface area contributed by atoms with Crippen molar-refractivity contribution in [2.24, 2.45) is 5.10 Å². The van der Waals surface area contributed by atoms with Crippen LogP contribution in [-0.4, -0.2) is 11.6 Å². The lowest BCUT2D eigenvalue weighted by atomic mass is 10.1. The first-order valence-corrected chi connectivity index (χ1v) is 9.62. The van der Waals surface area contributed by atoms with E-state index >= 15 is 0 Å². The van der Waals surface area contributed by atoms with Crippen LogP contribution in [-0.2, 0) is 11.4 Å². The number of carbonyl (C=O) groups is 1. The van der Waals surface area contributed by atoms with Crippen LogP contribution in [0.15, 0.2) is 89.5 Å². The van der Waals surface area contributed by atoms with Crippen molar-refractivity contribution in [2.45, 2.75) is 13.5 Å². The van der Waals surface area contributed by atoms with Gasteiger partial charge in [0.15, 0.2) is 0 Å². The summed E-state index contributed by atoms with van der Waals surface area (Å²) < 4.78 is 6.00. The number of halogens is 1. The summed E-state index contributed by atoms with van der Waals surface area (Å²) in [6, 6.07) is 24.7. The maximum absolute atomic E-state index is 13.0. The Hall–Kier alpha value is -3.37. The van der Waals surface area contributed by atoms with Crippen LogP contribution in [0.5, 0.6) is 5.75 Å². The van der Waals surface area contributed by atoms with Gasteiger partial charge in [-0.15, -0.1) is 0 Å². The van der Waals surface area contributed by atoms with Crippen molar-refractivity contribution < 1.29 is 9.53 Å². The molecular formula is C24H19ClN2O2. The van der Waals surface area contributed by atoms with Crippen molar-refractivity contribution in [3.8, 4) is 5.75 Å². The lowest BCUT2D eigenvalue weighted by Gasteiger charge is -2.12. The van der Waals surface area contributed by atoms with Crippen LogP contribution in [0.1, 0.15) is 18.1 Å². The molecule has 1 heterocycles. The van der Waals surface area contributed by atoms with E-state index in [-0.39, 0.29) is 5.91 Å². The molecule has 0 N–H and O–H groups in total. The van der Waals surface area contributed by atoms with Gasteiger partial charge in [-0.1, -0.05) is 60.1 Å². The molecule has 3 aromatic carbocycles. The van der Waals surface area contributed by atoms with Gasteiger partial charge in [-0.25, -0.2) is 0 Å². The highest BCUT2D eigenvalue weighted by molar-refractivity contribution is 6.33. The Morgan fingerprint density at radius 1 is 1.00 bits per heavy atom. The minimum atomic E-state index is -0.178. The highest BCUT2D eigenvalue weighted by Crippen LogP contribution is 2.29. The molecule has 0 spiro atoms. The van der Waals surface area contributed by atoms with Crippen LogP contribution >= 0.6 is 11.6 Å². The minimum absolute atomic E-state index is 0.178. The van der Waals surface area contributed by atoms with Gasteiger partial charge in [0.2, 0.25) is 0 Å². The topological polar surface area (TPSA) is 41.9 Å². The van der Waals surface area contributed by atoms with Gasteiger partial charge in [-0.2, -0.15) is 10.1 Å². The fourth-order valence-corrected chi connectivity index (χ4v) is 3.26. The molecule has 0 fully saturated rings. The van der Waals surface area contributed by atoms with E-state index in [1.54, 1.807) is 18.2 Å². The molecule has 0 aliphatic carbocycles. The minimum Gasteiger partial charge on any atom is -0.488 e. The van der Waals surface area contributed by atoms with Crippen LogP contribution in [0.4, 0.5) is 5.69 Å². The van der Waals surface area contributed by atoms with Gasteiger partial charge in [-0.3, -0.25) is 4.79 Å². The van der Waals surface area contributed by atoms with E-state index in [4.69, 9.17) is 16.3 Å². The molecule has 0 aromatic heterocycles. The van der Waals surface area contributed by atoms with E-state index in [9.17, 15) is 4.79 Å². The summed E-state index contributed by atoms with van der Waals surface area (Å²) >= 11 is 6.21. The Balaban J connectivity index is 1.63. The maximum atomic E-state index is 13.0. The van der Waals surface area contributed by atoms with E-state index in [0.717, 1.165) is 16.8 Å². The Labute approximate surface area is 174 Å². The Kier molecular flexibility index (Phi) is 5.45. The predicted octanol–water partition coefficient (Wildman–Crippen LogP) is 5.73. The number of rotatable bonds is 5. The molecule has 1 aliphatic heterocycles. The maximum Gasteiger partial charge on any atom is 0.280 e. The predicted molar refractivity (Wildman–Crippen MR) is 117 cm³/mol. The summed E-state index contributed by atoms with van der Waals surface area (Å²) in [5.41, 5.74) is 3.69. The first kappa shape index (κ1) is 19.0. The van der Waals surface area contributed by atoms with Gasteiger partial charge >= 0.3 is 0 Å². The number of nitrogens with zero attached hydrogens (tertiary/aromatic N) is 2. The van der Waals surface area contributed by atoms with Crippen molar-refractivity contribution in [1.82, 2.24) is 0 Å². The van der Waals surface area contributed by atoms with Crippen molar-refractivity contribution in [3.63, 3.8) is 0 Å². The number of para-hydroxylation sites is 1. The Morgan fingerprint density at radius 3 is 2.41 bits per heavy atom. The van der Waals surface area contributed by atoms with Crippen molar-refractivity contribution in [1.29, 1.82) is 0 Å². The molecular weight excluding hydrogens is 384 g/mol. The van der Waals surface area contributed by atoms with Gasteiger partial charge in [-0.05, 0) is 48.9 Å². The second-order valence-electron chi connectivity index (χ2n) is 6.65. The Bertz CT molecular complexity index is 1090. The molecule has 5 heteroatoms. The van der Waals surface area contributed by atoms with Crippen LogP contribution in [0.2, 0.25) is 5.02 Å². The second-order valence-corrected chi connectivity index (χ2v) is 7.09. The van der Waals surface area contributed by atoms with Gasteiger partial charge in [0.05, 0.1) is 17.0 Å². The van der Waals surface area contributed by atoms with Crippen LogP contribution < -0.4 is 9.75 Å². The highest BCUT2D eigenvalue weighted by Gasteiger charge is 2.28. The average molecular weight is 403 g/mol. The van der Waals surface area contributed by atoms with E-state index < -0.39 is 0 Å². The Morgan fingerprint density at radius 2 is 1.69 bits per heavy atom. The molecule has 3 aromatic rings. The zero-order valence-corrected chi connectivity index (χ0v) is 16.6. The lowest BCUT2D eigenvalue weighted by Crippen LogP contribution is -2.21. The first-order valence-electron chi connectivity index (χ1n) is 9.25. The molecule has 0 saturated heterocycles. The third-order valence-corrected chi connectivity index (χ3v) is 4.81. The molecule has 29 heavy (non-hydrogen) atoms. The molecule has 1 amide bonds. The summed E-state index contributed by atoms with van der Waals surface area (Å²) in [5.74, 6) is 0.479. The third kappa shape index (κ3) is 4.23. The van der Waals surface area contributed by atoms with Crippen molar-refractivity contribution in [2.75, 3.05) is 5.01 Å². The summed E-state index contributed by atoms with van der Waals surface area (Å²) in [7, 11) is 0. The van der Waals surface area contributed by atoms with Gasteiger partial charge in [0, 0.05) is 10.6 Å². The van der Waals surface area contributed by atoms with Crippen molar-refractivity contribution >= 4 is 35.0 Å². The number of carbonyl (C=O) groups excluding carboxylic acids is 1.